The van der Waals surface area contributed by atoms with Crippen molar-refractivity contribution in [1.29, 1.82) is 0 Å². The van der Waals surface area contributed by atoms with Gasteiger partial charge in [0.25, 0.3) is 5.91 Å². The molecule has 7 nitrogen and oxygen atoms in total. The molecular weight excluding hydrogens is 364 g/mol. The van der Waals surface area contributed by atoms with E-state index in [1.807, 2.05) is 29.2 Å². The lowest BCUT2D eigenvalue weighted by Gasteiger charge is -2.30. The number of piperidine rings is 1. The molecule has 1 aromatic carbocycles. The fourth-order valence-electron chi connectivity index (χ4n) is 3.29. The van der Waals surface area contributed by atoms with E-state index in [1.54, 1.807) is 31.4 Å². The number of benzene rings is 1. The number of nitrogens with zero attached hydrogens (tertiary/aromatic N) is 4. The van der Waals surface area contributed by atoms with E-state index < -0.39 is 0 Å². The maximum atomic E-state index is 12.5. The number of para-hydroxylation sites is 1. The van der Waals surface area contributed by atoms with Gasteiger partial charge >= 0.3 is 0 Å². The third kappa shape index (κ3) is 3.57. The van der Waals surface area contributed by atoms with E-state index in [4.69, 9.17) is 9.26 Å². The molecule has 140 valence electrons. The minimum atomic E-state index is -0.0720. The van der Waals surface area contributed by atoms with E-state index in [2.05, 4.69) is 15.4 Å². The van der Waals surface area contributed by atoms with Crippen LogP contribution in [0, 0.1) is 6.92 Å². The molecule has 0 aliphatic carbocycles. The van der Waals surface area contributed by atoms with Crippen molar-refractivity contribution < 1.29 is 14.1 Å². The van der Waals surface area contributed by atoms with Crippen molar-refractivity contribution in [3.05, 3.63) is 46.8 Å². The summed E-state index contributed by atoms with van der Waals surface area (Å²) in [5.41, 5.74) is 1.33. The zero-order chi connectivity index (χ0) is 18.8. The first-order chi connectivity index (χ1) is 13.2. The van der Waals surface area contributed by atoms with Gasteiger partial charge in [-0.1, -0.05) is 28.6 Å². The Labute approximate surface area is 161 Å². The van der Waals surface area contributed by atoms with Crippen LogP contribution in [0.3, 0.4) is 0 Å². The molecule has 1 amide bonds. The highest BCUT2D eigenvalue weighted by atomic mass is 32.1. The summed E-state index contributed by atoms with van der Waals surface area (Å²) in [5, 5.41) is 14.5. The van der Waals surface area contributed by atoms with E-state index in [0.717, 1.165) is 34.2 Å². The maximum absolute atomic E-state index is 12.5. The Morgan fingerprint density at radius 2 is 2.04 bits per heavy atom. The van der Waals surface area contributed by atoms with Gasteiger partial charge in [-0.15, -0.1) is 10.2 Å². The number of carbonyl (C=O) groups excluding carboxylic acids is 1. The Balaban J connectivity index is 1.43. The number of methoxy groups -OCH3 is 1. The van der Waals surface area contributed by atoms with Crippen LogP contribution in [0.4, 0.5) is 0 Å². The van der Waals surface area contributed by atoms with Gasteiger partial charge < -0.3 is 14.2 Å². The van der Waals surface area contributed by atoms with Crippen LogP contribution in [-0.2, 0) is 0 Å². The van der Waals surface area contributed by atoms with Crippen molar-refractivity contribution in [2.75, 3.05) is 20.2 Å². The van der Waals surface area contributed by atoms with Crippen molar-refractivity contribution in [3.63, 3.8) is 0 Å². The lowest BCUT2D eigenvalue weighted by Crippen LogP contribution is -2.38. The summed E-state index contributed by atoms with van der Waals surface area (Å²) in [6, 6.07) is 9.50. The average Bonchev–Trinajstić information content (AvgIpc) is 3.37. The normalized spacial score (nSPS) is 15.1. The zero-order valence-electron chi connectivity index (χ0n) is 15.2. The van der Waals surface area contributed by atoms with Crippen molar-refractivity contribution in [1.82, 2.24) is 20.3 Å². The first kappa shape index (κ1) is 17.7. The highest BCUT2D eigenvalue weighted by Gasteiger charge is 2.28. The van der Waals surface area contributed by atoms with E-state index in [0.29, 0.717) is 30.5 Å². The van der Waals surface area contributed by atoms with Crippen LogP contribution >= 0.6 is 11.3 Å². The van der Waals surface area contributed by atoms with E-state index >= 15 is 0 Å². The van der Waals surface area contributed by atoms with Gasteiger partial charge in [0.15, 0.2) is 10.7 Å². The summed E-state index contributed by atoms with van der Waals surface area (Å²) < 4.78 is 10.4. The second-order valence-corrected chi connectivity index (χ2v) is 7.54. The van der Waals surface area contributed by atoms with Gasteiger partial charge in [-0.25, -0.2) is 0 Å². The third-order valence-corrected chi connectivity index (χ3v) is 5.88. The number of carbonyl (C=O) groups is 1. The molecule has 27 heavy (non-hydrogen) atoms. The second-order valence-electron chi connectivity index (χ2n) is 6.54. The molecule has 4 rings (SSSR count). The average molecular weight is 384 g/mol. The van der Waals surface area contributed by atoms with Gasteiger partial charge in [-0.05, 0) is 31.9 Å². The highest BCUT2D eigenvalue weighted by Crippen LogP contribution is 2.36. The van der Waals surface area contributed by atoms with Crippen LogP contribution in [0.15, 0.2) is 34.9 Å². The summed E-state index contributed by atoms with van der Waals surface area (Å²) in [5.74, 6) is 1.68. The maximum Gasteiger partial charge on any atom is 0.276 e. The standard InChI is InChI=1S/C19H20N4O3S/c1-12-11-15(22-26-12)19(24)23-9-7-13(8-10-23)17-20-21-18(27-17)14-5-3-4-6-16(14)25-2/h3-6,11,13H,7-10H2,1-2H3. The van der Waals surface area contributed by atoms with Gasteiger partial charge in [-0.3, -0.25) is 4.79 Å². The Morgan fingerprint density at radius 1 is 1.26 bits per heavy atom. The Morgan fingerprint density at radius 3 is 2.74 bits per heavy atom. The SMILES string of the molecule is COc1ccccc1-c1nnc(C2CCN(C(=O)c3cc(C)on3)CC2)s1. The third-order valence-electron chi connectivity index (χ3n) is 4.76. The molecule has 1 fully saturated rings. The quantitative estimate of drug-likeness (QED) is 0.684. The summed E-state index contributed by atoms with van der Waals surface area (Å²) in [6.07, 6.45) is 1.73. The minimum absolute atomic E-state index is 0.0720. The molecule has 0 unspecified atom stereocenters. The van der Waals surface area contributed by atoms with Crippen molar-refractivity contribution in [2.45, 2.75) is 25.7 Å². The van der Waals surface area contributed by atoms with Crippen LogP contribution in [0.25, 0.3) is 10.6 Å². The molecule has 8 heteroatoms. The molecule has 0 radical (unpaired) electrons. The Hall–Kier alpha value is -2.74. The minimum Gasteiger partial charge on any atom is -0.496 e. The molecule has 0 spiro atoms. The molecule has 0 N–H and O–H groups in total. The zero-order valence-corrected chi connectivity index (χ0v) is 16.0. The van der Waals surface area contributed by atoms with Crippen LogP contribution < -0.4 is 4.74 Å². The molecule has 0 saturated carbocycles. The summed E-state index contributed by atoms with van der Waals surface area (Å²) in [7, 11) is 1.66. The highest BCUT2D eigenvalue weighted by molar-refractivity contribution is 7.14. The number of rotatable bonds is 4. The number of amides is 1. The van der Waals surface area contributed by atoms with E-state index in [-0.39, 0.29) is 5.91 Å². The molecular formula is C19H20N4O3S. The fraction of sp³-hybridized carbons (Fsp3) is 0.368. The molecule has 3 heterocycles. The number of likely N-dealkylation sites (tertiary alicyclic amines) is 1. The van der Waals surface area contributed by atoms with Crippen LogP contribution in [0.2, 0.25) is 0 Å². The van der Waals surface area contributed by atoms with Crippen molar-refractivity contribution >= 4 is 17.2 Å². The fourth-order valence-corrected chi connectivity index (χ4v) is 4.33. The van der Waals surface area contributed by atoms with Gasteiger partial charge in [0, 0.05) is 25.1 Å². The molecule has 2 aromatic heterocycles. The van der Waals surface area contributed by atoms with Crippen LogP contribution in [0.5, 0.6) is 5.75 Å². The van der Waals surface area contributed by atoms with Crippen molar-refractivity contribution in [2.24, 2.45) is 0 Å². The largest absolute Gasteiger partial charge is 0.496 e. The lowest BCUT2D eigenvalue weighted by atomic mass is 9.97. The molecule has 1 aliphatic rings. The lowest BCUT2D eigenvalue weighted by molar-refractivity contribution is 0.0702. The number of aryl methyl sites for hydroxylation is 1. The first-order valence-corrected chi connectivity index (χ1v) is 9.66. The number of hydrogen-bond donors (Lipinski definition) is 0. The predicted molar refractivity (Wildman–Crippen MR) is 101 cm³/mol. The first-order valence-electron chi connectivity index (χ1n) is 8.85. The van der Waals surface area contributed by atoms with Gasteiger partial charge in [0.1, 0.15) is 16.5 Å². The summed E-state index contributed by atoms with van der Waals surface area (Å²) in [4.78, 5) is 14.3. The Bertz CT molecular complexity index is 944. The number of hydrogen-bond acceptors (Lipinski definition) is 7. The predicted octanol–water partition coefficient (Wildman–Crippen LogP) is 3.53. The molecule has 1 aliphatic heterocycles. The Kier molecular flexibility index (Phi) is 4.89. The van der Waals surface area contributed by atoms with Gasteiger partial charge in [0.2, 0.25) is 0 Å². The van der Waals surface area contributed by atoms with Gasteiger partial charge in [-0.2, -0.15) is 0 Å². The topological polar surface area (TPSA) is 81.4 Å². The monoisotopic (exact) mass is 384 g/mol. The van der Waals surface area contributed by atoms with Crippen LogP contribution in [-0.4, -0.2) is 46.4 Å². The smallest absolute Gasteiger partial charge is 0.276 e. The van der Waals surface area contributed by atoms with E-state index in [1.165, 1.54) is 0 Å². The second kappa shape index (κ2) is 7.48. The summed E-state index contributed by atoms with van der Waals surface area (Å²) in [6.45, 7) is 3.14. The van der Waals surface area contributed by atoms with Crippen molar-refractivity contribution in [3.8, 4) is 16.3 Å². The molecule has 0 bridgehead atoms. The van der Waals surface area contributed by atoms with Crippen LogP contribution in [0.1, 0.15) is 40.0 Å². The number of ether oxygens (including phenoxy) is 1. The molecule has 1 saturated heterocycles. The number of aromatic nitrogens is 3. The summed E-state index contributed by atoms with van der Waals surface area (Å²) >= 11 is 1.60. The molecule has 3 aromatic rings. The van der Waals surface area contributed by atoms with E-state index in [9.17, 15) is 4.79 Å². The van der Waals surface area contributed by atoms with Gasteiger partial charge in [0.05, 0.1) is 12.7 Å². The molecule has 0 atom stereocenters.